The fourth-order valence-corrected chi connectivity index (χ4v) is 7.70. The Morgan fingerprint density at radius 1 is 0.825 bits per heavy atom. The molecule has 0 bridgehead atoms. The number of hydrogen-bond acceptors (Lipinski definition) is 14. The standard InChI is InChI=1S/C20H28N4O5.C19H26N4O5/c1-2-14-9-20(28,10-17(25)26)7-8-23(14)11-16-12-24(19(27)29-16)15-5-3-13(4-6-15)18(21)22;1-2-27-17(24)19(26)7-9-22(10-8-19)11-15-12-23(18(25)28-15)14-5-3-13(4-6-14)16(20)21/h3-6,14,16,28H,2,7-12H2,1H3,(H3,21,22)(H,25,26);3-6,15,26H,2,7-12H2,1H3,(H3,20,21)/p-1. The molecule has 4 heterocycles. The monoisotopic (exact) mass is 793 g/mol. The highest BCUT2D eigenvalue weighted by atomic mass is 16.6. The van der Waals surface area contributed by atoms with E-state index in [-0.39, 0.29) is 42.9 Å². The van der Waals surface area contributed by atoms with Gasteiger partial charge in [0.05, 0.1) is 25.3 Å². The Kier molecular flexibility index (Phi) is 13.8. The second-order valence-corrected chi connectivity index (χ2v) is 15.0. The summed E-state index contributed by atoms with van der Waals surface area (Å²) in [6.07, 6.45) is 0.218. The van der Waals surface area contributed by atoms with Crippen LogP contribution in [-0.2, 0) is 23.8 Å². The number of carbonyl (C=O) groups is 4. The molecule has 0 radical (unpaired) electrons. The molecule has 18 heteroatoms. The van der Waals surface area contributed by atoms with Crippen LogP contribution in [0.25, 0.3) is 0 Å². The third-order valence-corrected chi connectivity index (χ3v) is 10.9. The number of aliphatic carboxylic acids is 1. The van der Waals surface area contributed by atoms with Gasteiger partial charge in [-0.3, -0.25) is 30.4 Å². The Labute approximate surface area is 331 Å². The lowest BCUT2D eigenvalue weighted by Crippen LogP contribution is -2.54. The van der Waals surface area contributed by atoms with E-state index in [1.807, 2.05) is 6.92 Å². The van der Waals surface area contributed by atoms with Crippen molar-refractivity contribution in [1.82, 2.24) is 9.80 Å². The molecule has 4 aliphatic rings. The number of likely N-dealkylation sites (tertiary alicyclic amines) is 2. The van der Waals surface area contributed by atoms with Gasteiger partial charge in [-0.2, -0.15) is 0 Å². The highest BCUT2D eigenvalue weighted by molar-refractivity contribution is 5.97. The minimum absolute atomic E-state index is 0.00991. The number of carboxylic acids is 1. The number of piperidine rings is 2. The summed E-state index contributed by atoms with van der Waals surface area (Å²) in [5, 5.41) is 46.8. The molecule has 8 N–H and O–H groups in total. The van der Waals surface area contributed by atoms with Crippen molar-refractivity contribution in [2.75, 3.05) is 62.2 Å². The number of nitrogens with one attached hydrogen (secondary N) is 2. The number of amidine groups is 2. The van der Waals surface area contributed by atoms with Crippen LogP contribution in [0.15, 0.2) is 48.5 Å². The molecule has 4 atom stereocenters. The van der Waals surface area contributed by atoms with Crippen molar-refractivity contribution in [3.8, 4) is 0 Å². The summed E-state index contributed by atoms with van der Waals surface area (Å²) in [6, 6.07) is 13.7. The minimum Gasteiger partial charge on any atom is -0.550 e. The van der Waals surface area contributed by atoms with Crippen LogP contribution in [0.1, 0.15) is 63.5 Å². The number of esters is 1. The molecule has 0 spiro atoms. The van der Waals surface area contributed by atoms with E-state index in [9.17, 15) is 34.5 Å². The number of cyclic esters (lactones) is 2. The quantitative estimate of drug-likeness (QED) is 0.0707. The van der Waals surface area contributed by atoms with Crippen molar-refractivity contribution in [3.63, 3.8) is 0 Å². The van der Waals surface area contributed by atoms with Gasteiger partial charge < -0.3 is 45.8 Å². The third kappa shape index (κ3) is 10.8. The molecule has 310 valence electrons. The zero-order chi connectivity index (χ0) is 41.5. The first-order valence-electron chi connectivity index (χ1n) is 19.2. The van der Waals surface area contributed by atoms with Crippen molar-refractivity contribution < 1.29 is 48.7 Å². The second-order valence-electron chi connectivity index (χ2n) is 15.0. The number of ether oxygens (including phenoxy) is 3. The fourth-order valence-electron chi connectivity index (χ4n) is 7.70. The van der Waals surface area contributed by atoms with E-state index in [0.29, 0.717) is 94.0 Å². The van der Waals surface area contributed by atoms with Crippen LogP contribution in [0.3, 0.4) is 0 Å². The first-order valence-corrected chi connectivity index (χ1v) is 19.2. The number of amides is 2. The summed E-state index contributed by atoms with van der Waals surface area (Å²) in [5.41, 5.74) is 10.8. The van der Waals surface area contributed by atoms with Crippen molar-refractivity contribution in [2.24, 2.45) is 11.5 Å². The van der Waals surface area contributed by atoms with Crippen LogP contribution in [0.5, 0.6) is 0 Å². The number of nitrogens with two attached hydrogens (primary N) is 2. The molecular weight excluding hydrogens is 740 g/mol. The SMILES string of the molecule is CCC1CC(O)(CC(=O)[O-])CCN1CC1CN(c2ccc(C(=N)N)cc2)C(=O)O1.CCOC(=O)C1(O)CCN(CC2CN(c3ccc(C(=N)N)cc3)C(=O)O2)CC1. The van der Waals surface area contributed by atoms with Crippen molar-refractivity contribution in [2.45, 2.75) is 81.8 Å². The van der Waals surface area contributed by atoms with Gasteiger partial charge in [0.2, 0.25) is 0 Å². The number of benzene rings is 2. The Morgan fingerprint density at radius 2 is 1.32 bits per heavy atom. The lowest BCUT2D eigenvalue weighted by atomic mass is 9.83. The Morgan fingerprint density at radius 3 is 1.75 bits per heavy atom. The van der Waals surface area contributed by atoms with Crippen LogP contribution >= 0.6 is 0 Å². The summed E-state index contributed by atoms with van der Waals surface area (Å²) in [5.74, 6) is -1.87. The molecule has 18 nitrogen and oxygen atoms in total. The third-order valence-electron chi connectivity index (χ3n) is 10.9. The maximum absolute atomic E-state index is 12.3. The summed E-state index contributed by atoms with van der Waals surface area (Å²) in [6.45, 7) is 7.39. The molecule has 6 rings (SSSR count). The summed E-state index contributed by atoms with van der Waals surface area (Å²) in [7, 11) is 0. The van der Waals surface area contributed by atoms with Gasteiger partial charge in [0.25, 0.3) is 0 Å². The maximum atomic E-state index is 12.3. The maximum Gasteiger partial charge on any atom is 0.414 e. The highest BCUT2D eigenvalue weighted by Crippen LogP contribution is 2.33. The van der Waals surface area contributed by atoms with Crippen molar-refractivity contribution in [1.29, 1.82) is 10.8 Å². The van der Waals surface area contributed by atoms with E-state index in [0.717, 1.165) is 6.42 Å². The molecule has 2 amide bonds. The van der Waals surface area contributed by atoms with Crippen LogP contribution < -0.4 is 26.4 Å². The molecule has 57 heavy (non-hydrogen) atoms. The number of carboxylic acid groups (broad SMARTS) is 1. The largest absolute Gasteiger partial charge is 0.550 e. The van der Waals surface area contributed by atoms with Crippen molar-refractivity contribution >= 4 is 47.2 Å². The lowest BCUT2D eigenvalue weighted by Gasteiger charge is -2.44. The van der Waals surface area contributed by atoms with Gasteiger partial charge in [-0.05, 0) is 87.6 Å². The number of nitrogens with zero attached hydrogens (tertiary/aromatic N) is 4. The first kappa shape index (κ1) is 42.8. The topological polar surface area (TPSA) is 272 Å². The molecule has 4 fully saturated rings. The Balaban J connectivity index is 0.000000218. The van der Waals surface area contributed by atoms with Crippen LogP contribution in [0, 0.1) is 10.8 Å². The Hall–Kier alpha value is -5.30. The minimum atomic E-state index is -1.43. The average Bonchev–Trinajstić information content (AvgIpc) is 3.73. The fraction of sp³-hybridized carbons (Fsp3) is 0.538. The van der Waals surface area contributed by atoms with Crippen LogP contribution in [0.2, 0.25) is 0 Å². The number of hydrogen-bond donors (Lipinski definition) is 6. The zero-order valence-corrected chi connectivity index (χ0v) is 32.4. The van der Waals surface area contributed by atoms with E-state index in [1.54, 1.807) is 65.3 Å². The molecule has 2 aromatic carbocycles. The van der Waals surface area contributed by atoms with Gasteiger partial charge in [0.15, 0.2) is 5.60 Å². The van der Waals surface area contributed by atoms with Gasteiger partial charge in [-0.25, -0.2) is 14.4 Å². The highest BCUT2D eigenvalue weighted by Gasteiger charge is 2.43. The number of aliphatic hydroxyl groups is 2. The predicted molar refractivity (Wildman–Crippen MR) is 207 cm³/mol. The summed E-state index contributed by atoms with van der Waals surface area (Å²) >= 11 is 0. The summed E-state index contributed by atoms with van der Waals surface area (Å²) < 4.78 is 15.9. The van der Waals surface area contributed by atoms with Gasteiger partial charge in [0.1, 0.15) is 23.9 Å². The van der Waals surface area contributed by atoms with Gasteiger partial charge in [-0.15, -0.1) is 0 Å². The lowest BCUT2D eigenvalue weighted by molar-refractivity contribution is -0.310. The van der Waals surface area contributed by atoms with Gasteiger partial charge >= 0.3 is 18.2 Å². The molecule has 0 aliphatic carbocycles. The molecule has 0 saturated carbocycles. The van der Waals surface area contributed by atoms with Gasteiger partial charge in [0, 0.05) is 73.7 Å². The van der Waals surface area contributed by atoms with E-state index in [2.05, 4.69) is 9.80 Å². The second kappa shape index (κ2) is 18.3. The first-order chi connectivity index (χ1) is 27.0. The van der Waals surface area contributed by atoms with Crippen molar-refractivity contribution in [3.05, 3.63) is 59.7 Å². The van der Waals surface area contributed by atoms with E-state index < -0.39 is 35.3 Å². The Bertz CT molecular complexity index is 1790. The molecule has 4 unspecified atom stereocenters. The van der Waals surface area contributed by atoms with E-state index in [4.69, 9.17) is 36.5 Å². The van der Waals surface area contributed by atoms with E-state index >= 15 is 0 Å². The normalized spacial score (nSPS) is 24.9. The van der Waals surface area contributed by atoms with Crippen LogP contribution in [-0.4, -0.2) is 138 Å². The summed E-state index contributed by atoms with van der Waals surface area (Å²) in [4.78, 5) is 54.7. The smallest absolute Gasteiger partial charge is 0.414 e. The average molecular weight is 794 g/mol. The zero-order valence-electron chi connectivity index (χ0n) is 32.4. The molecule has 4 aliphatic heterocycles. The van der Waals surface area contributed by atoms with Crippen LogP contribution in [0.4, 0.5) is 21.0 Å². The van der Waals surface area contributed by atoms with Gasteiger partial charge in [-0.1, -0.05) is 6.92 Å². The molecule has 2 aromatic rings. The predicted octanol–water partition coefficient (Wildman–Crippen LogP) is 0.727. The molecule has 0 aromatic heterocycles. The number of carbonyl (C=O) groups excluding carboxylic acids is 4. The number of rotatable bonds is 13. The molecular formula is C39H53N8O10-. The number of nitrogen functional groups attached to an aromatic ring is 2. The van der Waals surface area contributed by atoms with E-state index in [1.165, 1.54) is 0 Å². The number of anilines is 2. The molecule has 4 saturated heterocycles.